The molecular formula is C15H18F2N2O4. The van der Waals surface area contributed by atoms with Gasteiger partial charge in [0.2, 0.25) is 0 Å². The Morgan fingerprint density at radius 3 is 2.43 bits per heavy atom. The second kappa shape index (κ2) is 6.47. The highest BCUT2D eigenvalue weighted by Gasteiger charge is 2.33. The fourth-order valence-corrected chi connectivity index (χ4v) is 2.86. The first-order chi connectivity index (χ1) is 10.7. The Kier molecular flexibility index (Phi) is 4.82. The van der Waals surface area contributed by atoms with Crippen molar-refractivity contribution in [3.05, 3.63) is 33.9 Å². The summed E-state index contributed by atoms with van der Waals surface area (Å²) in [6.45, 7) is 0.622. The average molecular weight is 328 g/mol. The highest BCUT2D eigenvalue weighted by atomic mass is 19.3. The molecule has 1 aliphatic carbocycles. The Hall–Kier alpha value is -2.25. The molecule has 126 valence electrons. The molecule has 0 heterocycles. The van der Waals surface area contributed by atoms with Crippen molar-refractivity contribution in [1.29, 1.82) is 0 Å². The number of benzene rings is 1. The molecule has 23 heavy (non-hydrogen) atoms. The maximum atomic E-state index is 13.6. The molecular weight excluding hydrogens is 310 g/mol. The van der Waals surface area contributed by atoms with Crippen LogP contribution in [0, 0.1) is 16.0 Å². The third-order valence-corrected chi connectivity index (χ3v) is 4.11. The average Bonchev–Trinajstić information content (AvgIpc) is 2.46. The molecule has 1 aromatic rings. The van der Waals surface area contributed by atoms with Gasteiger partial charge in [0.1, 0.15) is 5.56 Å². The van der Waals surface area contributed by atoms with E-state index in [2.05, 4.69) is 5.32 Å². The number of rotatable bonds is 5. The number of nitrogens with zero attached hydrogens (tertiary/aromatic N) is 1. The highest BCUT2D eigenvalue weighted by molar-refractivity contribution is 5.70. The predicted molar refractivity (Wildman–Crippen MR) is 79.7 cm³/mol. The molecule has 1 saturated carbocycles. The Morgan fingerprint density at radius 2 is 1.96 bits per heavy atom. The smallest absolute Gasteiger partial charge is 0.306 e. The van der Waals surface area contributed by atoms with Gasteiger partial charge in [0.15, 0.2) is 0 Å². The third-order valence-electron chi connectivity index (χ3n) is 4.11. The molecule has 6 nitrogen and oxygen atoms in total. The van der Waals surface area contributed by atoms with Crippen molar-refractivity contribution in [3.63, 3.8) is 0 Å². The third kappa shape index (κ3) is 4.14. The van der Waals surface area contributed by atoms with Crippen LogP contribution in [0.15, 0.2) is 18.2 Å². The lowest BCUT2D eigenvalue weighted by Crippen LogP contribution is -2.29. The van der Waals surface area contributed by atoms with Crippen molar-refractivity contribution in [2.45, 2.75) is 44.6 Å². The number of nitrogens with one attached hydrogen (secondary N) is 1. The van der Waals surface area contributed by atoms with Crippen molar-refractivity contribution >= 4 is 17.3 Å². The number of aliphatic carboxylic acids is 1. The van der Waals surface area contributed by atoms with Crippen molar-refractivity contribution in [2.24, 2.45) is 5.92 Å². The molecule has 1 aromatic carbocycles. The summed E-state index contributed by atoms with van der Waals surface area (Å²) in [5.41, 5.74) is -0.866. The molecule has 0 radical (unpaired) electrons. The standard InChI is InChI=1S/C15H18F2N2O4/c1-15(16,17)12-8-11(6-7-13(12)19(22)23)18-10-4-2-9(3-5-10)14(20)21/h6-10,18H,2-5H2,1H3,(H,20,21)/t9-,10-. The van der Waals surface area contributed by atoms with Crippen LogP contribution < -0.4 is 5.32 Å². The number of carboxylic acids is 1. The monoisotopic (exact) mass is 328 g/mol. The molecule has 0 aliphatic heterocycles. The quantitative estimate of drug-likeness (QED) is 0.634. The molecule has 0 atom stereocenters. The topological polar surface area (TPSA) is 92.5 Å². The Labute approximate surface area is 131 Å². The molecule has 8 heteroatoms. The van der Waals surface area contributed by atoms with Crippen LogP contribution in [0.2, 0.25) is 0 Å². The number of alkyl halides is 2. The van der Waals surface area contributed by atoms with Gasteiger partial charge < -0.3 is 10.4 Å². The van der Waals surface area contributed by atoms with Crippen LogP contribution in [-0.2, 0) is 10.7 Å². The van der Waals surface area contributed by atoms with E-state index in [-0.39, 0.29) is 12.0 Å². The number of nitro benzene ring substituents is 1. The van der Waals surface area contributed by atoms with Gasteiger partial charge in [0.05, 0.1) is 10.8 Å². The van der Waals surface area contributed by atoms with Gasteiger partial charge in [0.25, 0.3) is 11.6 Å². The molecule has 0 unspecified atom stereocenters. The highest BCUT2D eigenvalue weighted by Crippen LogP contribution is 2.36. The van der Waals surface area contributed by atoms with E-state index in [1.54, 1.807) is 0 Å². The number of hydrogen-bond acceptors (Lipinski definition) is 4. The minimum atomic E-state index is -3.32. The van der Waals surface area contributed by atoms with Crippen LogP contribution in [0.25, 0.3) is 0 Å². The maximum absolute atomic E-state index is 13.6. The van der Waals surface area contributed by atoms with Crippen molar-refractivity contribution in [3.8, 4) is 0 Å². The van der Waals surface area contributed by atoms with Crippen LogP contribution in [-0.4, -0.2) is 22.0 Å². The summed E-state index contributed by atoms with van der Waals surface area (Å²) in [7, 11) is 0. The lowest BCUT2D eigenvalue weighted by atomic mass is 9.86. The summed E-state index contributed by atoms with van der Waals surface area (Å²) < 4.78 is 27.2. The summed E-state index contributed by atoms with van der Waals surface area (Å²) in [6.07, 6.45) is 2.28. The van der Waals surface area contributed by atoms with Crippen LogP contribution in [0.1, 0.15) is 38.2 Å². The number of hydrogen-bond donors (Lipinski definition) is 2. The minimum absolute atomic E-state index is 0.0228. The molecule has 0 spiro atoms. The zero-order valence-corrected chi connectivity index (χ0v) is 12.6. The van der Waals surface area contributed by atoms with Crippen LogP contribution in [0.3, 0.4) is 0 Å². The molecule has 0 aromatic heterocycles. The Bertz CT molecular complexity index is 608. The first kappa shape index (κ1) is 17.1. The molecule has 0 amide bonds. The molecule has 1 aliphatic rings. The molecule has 1 fully saturated rings. The van der Waals surface area contributed by atoms with Gasteiger partial charge in [0, 0.05) is 24.7 Å². The summed E-state index contributed by atoms with van der Waals surface area (Å²) in [5, 5.41) is 22.9. The van der Waals surface area contributed by atoms with Gasteiger partial charge in [-0.25, -0.2) is 8.78 Å². The van der Waals surface area contributed by atoms with Crippen molar-refractivity contribution in [2.75, 3.05) is 5.32 Å². The van der Waals surface area contributed by atoms with E-state index in [1.165, 1.54) is 6.07 Å². The van der Waals surface area contributed by atoms with Gasteiger partial charge >= 0.3 is 5.97 Å². The lowest BCUT2D eigenvalue weighted by Gasteiger charge is -2.28. The number of halogens is 2. The second-order valence-corrected chi connectivity index (χ2v) is 5.91. The van der Waals surface area contributed by atoms with Gasteiger partial charge in [-0.3, -0.25) is 14.9 Å². The number of carbonyl (C=O) groups is 1. The van der Waals surface area contributed by atoms with Crippen molar-refractivity contribution in [1.82, 2.24) is 0 Å². The van der Waals surface area contributed by atoms with Crippen LogP contribution in [0.4, 0.5) is 20.2 Å². The largest absolute Gasteiger partial charge is 0.481 e. The fourth-order valence-electron chi connectivity index (χ4n) is 2.86. The summed E-state index contributed by atoms with van der Waals surface area (Å²) in [6, 6.07) is 3.54. The van der Waals surface area contributed by atoms with E-state index in [4.69, 9.17) is 5.11 Å². The molecule has 0 bridgehead atoms. The summed E-state index contributed by atoms with van der Waals surface area (Å²) in [4.78, 5) is 20.9. The fraction of sp³-hybridized carbons (Fsp3) is 0.533. The van der Waals surface area contributed by atoms with Crippen molar-refractivity contribution < 1.29 is 23.6 Å². The van der Waals surface area contributed by atoms with Crippen LogP contribution >= 0.6 is 0 Å². The van der Waals surface area contributed by atoms with E-state index in [1.807, 2.05) is 0 Å². The Balaban J connectivity index is 2.13. The number of carboxylic acid groups (broad SMARTS) is 1. The number of anilines is 1. The SMILES string of the molecule is CC(F)(F)c1cc(N[C@H]2CC[C@H](C(=O)O)CC2)ccc1[N+](=O)[O-]. The first-order valence-electron chi connectivity index (χ1n) is 7.34. The molecule has 0 saturated heterocycles. The zero-order chi connectivity index (χ0) is 17.2. The normalized spacial score (nSPS) is 21.7. The summed E-state index contributed by atoms with van der Waals surface area (Å²) in [5.74, 6) is -4.49. The van der Waals surface area contributed by atoms with E-state index >= 15 is 0 Å². The van der Waals surface area contributed by atoms with Gasteiger partial charge in [-0.15, -0.1) is 0 Å². The lowest BCUT2D eigenvalue weighted by molar-refractivity contribution is -0.386. The second-order valence-electron chi connectivity index (χ2n) is 5.91. The predicted octanol–water partition coefficient (Wildman–Crippen LogP) is 3.76. The maximum Gasteiger partial charge on any atom is 0.306 e. The van der Waals surface area contributed by atoms with Gasteiger partial charge in [-0.2, -0.15) is 0 Å². The summed E-state index contributed by atoms with van der Waals surface area (Å²) >= 11 is 0. The van der Waals surface area contributed by atoms with E-state index in [0.29, 0.717) is 38.3 Å². The van der Waals surface area contributed by atoms with E-state index < -0.39 is 28.1 Å². The first-order valence-corrected chi connectivity index (χ1v) is 7.34. The minimum Gasteiger partial charge on any atom is -0.481 e. The molecule has 2 N–H and O–H groups in total. The number of nitro groups is 1. The molecule has 2 rings (SSSR count). The van der Waals surface area contributed by atoms with E-state index in [9.17, 15) is 23.7 Å². The van der Waals surface area contributed by atoms with Gasteiger partial charge in [-0.1, -0.05) is 0 Å². The Morgan fingerprint density at radius 1 is 1.35 bits per heavy atom. The van der Waals surface area contributed by atoms with Gasteiger partial charge in [-0.05, 0) is 37.8 Å². The van der Waals surface area contributed by atoms with Crippen LogP contribution in [0.5, 0.6) is 0 Å². The van der Waals surface area contributed by atoms with E-state index in [0.717, 1.165) is 12.1 Å². The zero-order valence-electron chi connectivity index (χ0n) is 12.6.